The zero-order chi connectivity index (χ0) is 15.2. The monoisotopic (exact) mass is 281 g/mol. The van der Waals surface area contributed by atoms with Crippen LogP contribution in [0.15, 0.2) is 48.5 Å². The number of aliphatic hydroxyl groups excluding tert-OH is 1. The summed E-state index contributed by atoms with van der Waals surface area (Å²) in [6.07, 6.45) is -0.605. The number of aliphatic hydroxyl groups is 1. The second-order valence-corrected chi connectivity index (χ2v) is 5.07. The minimum Gasteiger partial charge on any atom is -0.387 e. The predicted molar refractivity (Wildman–Crippen MR) is 85.4 cm³/mol. The normalized spacial score (nSPS) is 11.5. The summed E-state index contributed by atoms with van der Waals surface area (Å²) in [5, 5.41) is 22.1. The smallest absolute Gasteiger partial charge is 0.0991 e. The Balaban J connectivity index is 1.93. The van der Waals surface area contributed by atoms with Gasteiger partial charge in [0.15, 0.2) is 0 Å². The van der Waals surface area contributed by atoms with Crippen LogP contribution in [-0.4, -0.2) is 25.7 Å². The van der Waals surface area contributed by atoms with E-state index in [1.807, 2.05) is 43.3 Å². The maximum Gasteiger partial charge on any atom is 0.0991 e. The highest BCUT2D eigenvalue weighted by Crippen LogP contribution is 2.18. The molecule has 0 aliphatic rings. The fourth-order valence-electron chi connectivity index (χ4n) is 1.99. The molecule has 1 unspecified atom stereocenters. The lowest BCUT2D eigenvalue weighted by molar-refractivity contribution is 0.191. The summed E-state index contributed by atoms with van der Waals surface area (Å²) in [5.41, 5.74) is 3.49. The number of nitriles is 1. The SMILES string of the molecule is CN(C)c1ccc(NCC(O)c2ccc(C#N)cc2)cc1. The van der Waals surface area contributed by atoms with Crippen molar-refractivity contribution in [3.63, 3.8) is 0 Å². The van der Waals surface area contributed by atoms with Gasteiger partial charge in [0.25, 0.3) is 0 Å². The van der Waals surface area contributed by atoms with E-state index in [9.17, 15) is 5.11 Å². The molecule has 0 aliphatic heterocycles. The molecule has 2 aromatic carbocycles. The van der Waals surface area contributed by atoms with E-state index in [-0.39, 0.29) is 0 Å². The van der Waals surface area contributed by atoms with Crippen LogP contribution in [0.2, 0.25) is 0 Å². The summed E-state index contributed by atoms with van der Waals surface area (Å²) < 4.78 is 0. The fraction of sp³-hybridized carbons (Fsp3) is 0.235. The molecule has 0 heterocycles. The number of hydrogen-bond donors (Lipinski definition) is 2. The van der Waals surface area contributed by atoms with Gasteiger partial charge in [-0.3, -0.25) is 0 Å². The Kier molecular flexibility index (Phi) is 4.81. The molecule has 0 aliphatic carbocycles. The van der Waals surface area contributed by atoms with Gasteiger partial charge in [-0.2, -0.15) is 5.26 Å². The van der Waals surface area contributed by atoms with E-state index in [1.54, 1.807) is 24.3 Å². The largest absolute Gasteiger partial charge is 0.387 e. The van der Waals surface area contributed by atoms with Gasteiger partial charge in [-0.15, -0.1) is 0 Å². The first-order valence-electron chi connectivity index (χ1n) is 6.79. The molecule has 2 N–H and O–H groups in total. The van der Waals surface area contributed by atoms with E-state index in [4.69, 9.17) is 5.26 Å². The molecule has 0 saturated heterocycles. The summed E-state index contributed by atoms with van der Waals surface area (Å²) in [6, 6.07) is 17.1. The van der Waals surface area contributed by atoms with E-state index < -0.39 is 6.10 Å². The van der Waals surface area contributed by atoms with Crippen molar-refractivity contribution >= 4 is 11.4 Å². The highest BCUT2D eigenvalue weighted by Gasteiger charge is 2.07. The van der Waals surface area contributed by atoms with E-state index in [0.29, 0.717) is 12.1 Å². The van der Waals surface area contributed by atoms with Crippen molar-refractivity contribution in [2.75, 3.05) is 30.9 Å². The van der Waals surface area contributed by atoms with Gasteiger partial charge in [0, 0.05) is 32.0 Å². The van der Waals surface area contributed by atoms with Gasteiger partial charge in [-0.1, -0.05) is 12.1 Å². The number of nitrogens with zero attached hydrogens (tertiary/aromatic N) is 2. The van der Waals surface area contributed by atoms with Crippen molar-refractivity contribution in [2.45, 2.75) is 6.10 Å². The van der Waals surface area contributed by atoms with Crippen molar-refractivity contribution < 1.29 is 5.11 Å². The summed E-state index contributed by atoms with van der Waals surface area (Å²) in [7, 11) is 3.99. The maximum atomic E-state index is 10.1. The third kappa shape index (κ3) is 3.98. The fourth-order valence-corrected chi connectivity index (χ4v) is 1.99. The minimum atomic E-state index is -0.605. The minimum absolute atomic E-state index is 0.424. The first-order valence-corrected chi connectivity index (χ1v) is 6.79. The van der Waals surface area contributed by atoms with Gasteiger partial charge in [-0.25, -0.2) is 0 Å². The molecule has 0 spiro atoms. The van der Waals surface area contributed by atoms with E-state index in [2.05, 4.69) is 11.4 Å². The van der Waals surface area contributed by atoms with Gasteiger partial charge in [0.1, 0.15) is 0 Å². The lowest BCUT2D eigenvalue weighted by atomic mass is 10.1. The Morgan fingerprint density at radius 1 is 1.10 bits per heavy atom. The third-order valence-corrected chi connectivity index (χ3v) is 3.31. The molecule has 4 nitrogen and oxygen atoms in total. The van der Waals surface area contributed by atoms with Crippen LogP contribution in [0.4, 0.5) is 11.4 Å². The van der Waals surface area contributed by atoms with Crippen LogP contribution in [0, 0.1) is 11.3 Å². The van der Waals surface area contributed by atoms with Crippen LogP contribution >= 0.6 is 0 Å². The van der Waals surface area contributed by atoms with Gasteiger partial charge < -0.3 is 15.3 Å². The van der Waals surface area contributed by atoms with Crippen LogP contribution in [0.25, 0.3) is 0 Å². The molecular weight excluding hydrogens is 262 g/mol. The van der Waals surface area contributed by atoms with Crippen LogP contribution in [0.5, 0.6) is 0 Å². The number of benzene rings is 2. The Morgan fingerprint density at radius 2 is 1.71 bits per heavy atom. The van der Waals surface area contributed by atoms with Gasteiger partial charge in [0.2, 0.25) is 0 Å². The lowest BCUT2D eigenvalue weighted by Gasteiger charge is -2.15. The van der Waals surface area contributed by atoms with Crippen LogP contribution in [0.3, 0.4) is 0 Å². The second-order valence-electron chi connectivity index (χ2n) is 5.07. The molecular formula is C17H19N3O. The molecule has 0 amide bonds. The molecule has 4 heteroatoms. The molecule has 0 bridgehead atoms. The number of rotatable bonds is 5. The second kappa shape index (κ2) is 6.78. The van der Waals surface area contributed by atoms with Gasteiger partial charge >= 0.3 is 0 Å². The average molecular weight is 281 g/mol. The van der Waals surface area contributed by atoms with E-state index >= 15 is 0 Å². The topological polar surface area (TPSA) is 59.3 Å². The Bertz CT molecular complexity index is 612. The number of hydrogen-bond acceptors (Lipinski definition) is 4. The summed E-state index contributed by atoms with van der Waals surface area (Å²) >= 11 is 0. The summed E-state index contributed by atoms with van der Waals surface area (Å²) in [5.74, 6) is 0. The average Bonchev–Trinajstić information content (AvgIpc) is 2.53. The lowest BCUT2D eigenvalue weighted by Crippen LogP contribution is -2.12. The van der Waals surface area contributed by atoms with Crippen molar-refractivity contribution in [3.05, 3.63) is 59.7 Å². The third-order valence-electron chi connectivity index (χ3n) is 3.31. The first kappa shape index (κ1) is 14.9. The first-order chi connectivity index (χ1) is 10.1. The van der Waals surface area contributed by atoms with Crippen LogP contribution < -0.4 is 10.2 Å². The molecule has 2 aromatic rings. The maximum absolute atomic E-state index is 10.1. The van der Waals surface area contributed by atoms with Crippen molar-refractivity contribution in [1.29, 1.82) is 5.26 Å². The Hall–Kier alpha value is -2.51. The Labute approximate surface area is 125 Å². The van der Waals surface area contributed by atoms with Crippen LogP contribution in [0.1, 0.15) is 17.2 Å². The zero-order valence-electron chi connectivity index (χ0n) is 12.2. The number of anilines is 2. The quantitative estimate of drug-likeness (QED) is 0.884. The molecule has 0 fully saturated rings. The Morgan fingerprint density at radius 3 is 2.24 bits per heavy atom. The number of nitrogens with one attached hydrogen (secondary N) is 1. The molecule has 108 valence electrons. The predicted octanol–water partition coefficient (Wildman–Crippen LogP) is 2.77. The molecule has 1 atom stereocenters. The van der Waals surface area contributed by atoms with E-state index in [0.717, 1.165) is 16.9 Å². The highest BCUT2D eigenvalue weighted by molar-refractivity contribution is 5.54. The van der Waals surface area contributed by atoms with Gasteiger partial charge in [-0.05, 0) is 42.0 Å². The standard InChI is InChI=1S/C17H19N3O/c1-20(2)16-9-7-15(8-10-16)19-12-17(21)14-5-3-13(11-18)4-6-14/h3-10,17,19,21H,12H2,1-2H3. The van der Waals surface area contributed by atoms with Crippen molar-refractivity contribution in [1.82, 2.24) is 0 Å². The molecule has 21 heavy (non-hydrogen) atoms. The summed E-state index contributed by atoms with van der Waals surface area (Å²) in [4.78, 5) is 2.04. The summed E-state index contributed by atoms with van der Waals surface area (Å²) in [6.45, 7) is 0.424. The molecule has 0 radical (unpaired) electrons. The molecule has 0 saturated carbocycles. The van der Waals surface area contributed by atoms with Gasteiger partial charge in [0.05, 0.1) is 17.7 Å². The van der Waals surface area contributed by atoms with E-state index in [1.165, 1.54) is 0 Å². The van der Waals surface area contributed by atoms with Crippen molar-refractivity contribution in [2.24, 2.45) is 0 Å². The van der Waals surface area contributed by atoms with Crippen LogP contribution in [-0.2, 0) is 0 Å². The zero-order valence-corrected chi connectivity index (χ0v) is 12.2. The molecule has 0 aromatic heterocycles. The van der Waals surface area contributed by atoms with Crippen molar-refractivity contribution in [3.8, 4) is 6.07 Å². The highest BCUT2D eigenvalue weighted by atomic mass is 16.3. The molecule has 2 rings (SSSR count).